The Bertz CT molecular complexity index is 445. The van der Waals surface area contributed by atoms with E-state index in [1.807, 2.05) is 7.05 Å². The van der Waals surface area contributed by atoms with Crippen LogP contribution in [-0.2, 0) is 0 Å². The maximum atomic E-state index is 10.5. The van der Waals surface area contributed by atoms with E-state index in [0.717, 1.165) is 6.54 Å². The molecule has 0 saturated carbocycles. The van der Waals surface area contributed by atoms with Crippen molar-refractivity contribution in [1.82, 2.24) is 15.1 Å². The molecule has 29 heavy (non-hydrogen) atoms. The predicted molar refractivity (Wildman–Crippen MR) is 121 cm³/mol. The Morgan fingerprint density at radius 3 is 1.72 bits per heavy atom. The summed E-state index contributed by atoms with van der Waals surface area (Å²) in [6, 6.07) is 0. The maximum absolute atomic E-state index is 10.5. The summed E-state index contributed by atoms with van der Waals surface area (Å²) in [5.74, 6) is 0.346. The fourth-order valence-corrected chi connectivity index (χ4v) is 3.96. The second kappa shape index (κ2) is 17.5. The molecule has 0 aromatic carbocycles. The largest absolute Gasteiger partial charge is 0.338 e. The van der Waals surface area contributed by atoms with Gasteiger partial charge in [-0.15, -0.1) is 0 Å². The van der Waals surface area contributed by atoms with Crippen molar-refractivity contribution in [2.45, 2.75) is 110 Å². The van der Waals surface area contributed by atoms with Gasteiger partial charge in [-0.25, -0.2) is 10.1 Å². The van der Waals surface area contributed by atoms with Crippen LogP contribution in [0.4, 0.5) is 0 Å². The van der Waals surface area contributed by atoms with Gasteiger partial charge in [0.25, 0.3) is 5.96 Å². The van der Waals surface area contributed by atoms with Gasteiger partial charge < -0.3 is 10.2 Å². The number of hydrogen-bond acceptors (Lipinski definition) is 3. The molecular weight excluding hydrogens is 366 g/mol. The topological polar surface area (TPSA) is 74.0 Å². The molecule has 0 unspecified atom stereocenters. The minimum Gasteiger partial charge on any atom is -0.338 e. The lowest BCUT2D eigenvalue weighted by molar-refractivity contribution is -0.486. The SMILES string of the molecule is CCCCCCCCCCCCCCCCCCN1CN/C(=N/[N+](=O)[O-])N(C)C1. The van der Waals surface area contributed by atoms with Crippen LogP contribution in [0, 0.1) is 10.1 Å². The summed E-state index contributed by atoms with van der Waals surface area (Å²) < 4.78 is 0. The Balaban J connectivity index is 1.82. The van der Waals surface area contributed by atoms with Crippen LogP contribution in [-0.4, -0.2) is 47.7 Å². The molecule has 7 nitrogen and oxygen atoms in total. The molecule has 7 heteroatoms. The smallest absolute Gasteiger partial charge is 0.273 e. The standard InChI is InChI=1S/C22H45N5O2/c1-3-4-5-6-7-8-9-10-11-12-13-14-15-16-17-18-19-26-20-23-22(24-27(28)29)25(2)21-26/h3-21H2,1-2H3,(H,23,24). The van der Waals surface area contributed by atoms with Crippen molar-refractivity contribution in [3.8, 4) is 0 Å². The van der Waals surface area contributed by atoms with Crippen molar-refractivity contribution in [1.29, 1.82) is 0 Å². The van der Waals surface area contributed by atoms with Crippen molar-refractivity contribution in [2.75, 3.05) is 26.9 Å². The van der Waals surface area contributed by atoms with Crippen LogP contribution < -0.4 is 5.32 Å². The van der Waals surface area contributed by atoms with Gasteiger partial charge in [-0.05, 0) is 6.42 Å². The van der Waals surface area contributed by atoms with Crippen molar-refractivity contribution in [3.63, 3.8) is 0 Å². The summed E-state index contributed by atoms with van der Waals surface area (Å²) >= 11 is 0. The lowest BCUT2D eigenvalue weighted by Gasteiger charge is -2.34. The molecule has 170 valence electrons. The molecule has 0 spiro atoms. The minimum absolute atomic E-state index is 0.346. The zero-order valence-electron chi connectivity index (χ0n) is 19.0. The fraction of sp³-hybridized carbons (Fsp3) is 0.955. The average Bonchev–Trinajstić information content (AvgIpc) is 2.69. The maximum Gasteiger partial charge on any atom is 0.273 e. The van der Waals surface area contributed by atoms with Crippen molar-refractivity contribution in [3.05, 3.63) is 10.1 Å². The summed E-state index contributed by atoms with van der Waals surface area (Å²) in [5.41, 5.74) is 0. The molecule has 1 aliphatic heterocycles. The highest BCUT2D eigenvalue weighted by Gasteiger charge is 2.20. The first kappa shape index (κ1) is 25.7. The Kier molecular flexibility index (Phi) is 15.5. The van der Waals surface area contributed by atoms with Crippen molar-refractivity contribution < 1.29 is 5.03 Å². The lowest BCUT2D eigenvalue weighted by atomic mass is 10.0. The molecule has 1 rings (SSSR count). The molecule has 1 heterocycles. The molecule has 0 aliphatic carbocycles. The van der Waals surface area contributed by atoms with E-state index in [4.69, 9.17) is 0 Å². The number of nitrogens with one attached hydrogen (secondary N) is 1. The third kappa shape index (κ3) is 14.3. The van der Waals surface area contributed by atoms with E-state index >= 15 is 0 Å². The molecule has 0 radical (unpaired) electrons. The quantitative estimate of drug-likeness (QED) is 0.182. The third-order valence-corrected chi connectivity index (χ3v) is 5.74. The average molecular weight is 412 g/mol. The summed E-state index contributed by atoms with van der Waals surface area (Å²) in [4.78, 5) is 14.5. The lowest BCUT2D eigenvalue weighted by Crippen LogP contribution is -2.55. The van der Waals surface area contributed by atoms with Gasteiger partial charge in [-0.1, -0.05) is 103 Å². The van der Waals surface area contributed by atoms with Crippen LogP contribution >= 0.6 is 0 Å². The monoisotopic (exact) mass is 411 g/mol. The highest BCUT2D eigenvalue weighted by Crippen LogP contribution is 2.14. The predicted octanol–water partition coefficient (Wildman–Crippen LogP) is 5.55. The Morgan fingerprint density at radius 1 is 0.862 bits per heavy atom. The molecule has 1 saturated heterocycles. The molecule has 0 aromatic heterocycles. The summed E-state index contributed by atoms with van der Waals surface area (Å²) in [5, 5.41) is 16.2. The van der Waals surface area contributed by atoms with E-state index in [9.17, 15) is 10.1 Å². The van der Waals surface area contributed by atoms with E-state index in [0.29, 0.717) is 19.3 Å². The van der Waals surface area contributed by atoms with Crippen LogP contribution in [0.1, 0.15) is 110 Å². The molecule has 1 N–H and O–H groups in total. The van der Waals surface area contributed by atoms with Gasteiger partial charge in [0.1, 0.15) is 5.10 Å². The van der Waals surface area contributed by atoms with E-state index in [2.05, 4.69) is 22.2 Å². The number of hydrazone groups is 1. The molecule has 0 bridgehead atoms. The first-order chi connectivity index (χ1) is 14.1. The Hall–Kier alpha value is -1.37. The minimum atomic E-state index is -0.649. The van der Waals surface area contributed by atoms with Gasteiger partial charge >= 0.3 is 0 Å². The van der Waals surface area contributed by atoms with E-state index in [1.165, 1.54) is 103 Å². The van der Waals surface area contributed by atoms with E-state index < -0.39 is 5.03 Å². The second-order valence-corrected chi connectivity index (χ2v) is 8.53. The number of nitro groups is 1. The number of rotatable bonds is 18. The van der Waals surface area contributed by atoms with Gasteiger partial charge in [-0.3, -0.25) is 4.90 Å². The third-order valence-electron chi connectivity index (χ3n) is 5.74. The Labute approximate surface area is 178 Å². The molecule has 1 fully saturated rings. The van der Waals surface area contributed by atoms with Gasteiger partial charge in [0.2, 0.25) is 0 Å². The molecule has 0 aromatic rings. The second-order valence-electron chi connectivity index (χ2n) is 8.53. The Morgan fingerprint density at radius 2 is 1.31 bits per heavy atom. The summed E-state index contributed by atoms with van der Waals surface area (Å²) in [6.45, 7) is 4.64. The number of nitrogens with zero attached hydrogens (tertiary/aromatic N) is 4. The van der Waals surface area contributed by atoms with Gasteiger partial charge in [0, 0.05) is 13.6 Å². The summed E-state index contributed by atoms with van der Waals surface area (Å²) in [7, 11) is 1.83. The van der Waals surface area contributed by atoms with Crippen molar-refractivity contribution >= 4 is 5.96 Å². The van der Waals surface area contributed by atoms with E-state index in [1.54, 1.807) is 4.90 Å². The van der Waals surface area contributed by atoms with Crippen LogP contribution in [0.3, 0.4) is 0 Å². The molecular formula is C22H45N5O2. The van der Waals surface area contributed by atoms with Gasteiger partial charge in [-0.2, -0.15) is 0 Å². The first-order valence-electron chi connectivity index (χ1n) is 12.0. The van der Waals surface area contributed by atoms with E-state index in [-0.39, 0.29) is 0 Å². The van der Waals surface area contributed by atoms with Crippen LogP contribution in [0.2, 0.25) is 0 Å². The number of unbranched alkanes of at least 4 members (excludes halogenated alkanes) is 15. The number of guanidine groups is 1. The highest BCUT2D eigenvalue weighted by molar-refractivity contribution is 5.79. The van der Waals surface area contributed by atoms with Crippen LogP contribution in [0.25, 0.3) is 0 Å². The molecule has 1 aliphatic rings. The zero-order chi connectivity index (χ0) is 21.2. The first-order valence-corrected chi connectivity index (χ1v) is 12.0. The number of hydrogen-bond donors (Lipinski definition) is 1. The zero-order valence-corrected chi connectivity index (χ0v) is 19.0. The van der Waals surface area contributed by atoms with Crippen molar-refractivity contribution in [2.24, 2.45) is 5.10 Å². The fourth-order valence-electron chi connectivity index (χ4n) is 3.96. The highest BCUT2D eigenvalue weighted by atomic mass is 16.7. The normalized spacial score (nSPS) is 16.3. The summed E-state index contributed by atoms with van der Waals surface area (Å²) in [6.07, 6.45) is 22.1. The molecule has 0 amide bonds. The van der Waals surface area contributed by atoms with Crippen LogP contribution in [0.5, 0.6) is 0 Å². The van der Waals surface area contributed by atoms with Gasteiger partial charge in [0.15, 0.2) is 5.03 Å². The van der Waals surface area contributed by atoms with Crippen LogP contribution in [0.15, 0.2) is 5.10 Å². The molecule has 0 atom stereocenters. The van der Waals surface area contributed by atoms with Gasteiger partial charge in [0.05, 0.1) is 13.3 Å².